The van der Waals surface area contributed by atoms with Crippen LogP contribution in [0.5, 0.6) is 11.6 Å². The van der Waals surface area contributed by atoms with Gasteiger partial charge in [-0.3, -0.25) is 9.88 Å². The lowest BCUT2D eigenvalue weighted by Gasteiger charge is -2.32. The van der Waals surface area contributed by atoms with Gasteiger partial charge in [0.15, 0.2) is 17.4 Å². The molecule has 200 valence electrons. The van der Waals surface area contributed by atoms with E-state index in [1.165, 1.54) is 6.33 Å². The first-order chi connectivity index (χ1) is 18.3. The minimum Gasteiger partial charge on any atom is -0.435 e. The summed E-state index contributed by atoms with van der Waals surface area (Å²) in [5, 5.41) is 3.41. The average Bonchev–Trinajstić information content (AvgIpc) is 3.29. The van der Waals surface area contributed by atoms with Gasteiger partial charge in [-0.2, -0.15) is 0 Å². The molecule has 2 N–H and O–H groups in total. The summed E-state index contributed by atoms with van der Waals surface area (Å²) in [7, 11) is 5.93. The van der Waals surface area contributed by atoms with Crippen LogP contribution in [0.2, 0.25) is 0 Å². The average molecular weight is 523 g/mol. The normalized spacial score (nSPS) is 14.9. The summed E-state index contributed by atoms with van der Waals surface area (Å²) in [4.78, 5) is 22.8. The Morgan fingerprint density at radius 1 is 1.08 bits per heavy atom. The highest BCUT2D eigenvalue weighted by atomic mass is 19.1. The van der Waals surface area contributed by atoms with Crippen LogP contribution in [0.15, 0.2) is 36.8 Å². The fourth-order valence-electron chi connectivity index (χ4n) is 4.53. The number of hydrogen-bond donors (Lipinski definition) is 2. The van der Waals surface area contributed by atoms with Gasteiger partial charge in [-0.25, -0.2) is 18.7 Å². The molecule has 0 aliphatic carbocycles. The molecular formula is C27H32F2N8O. The monoisotopic (exact) mass is 522 g/mol. The van der Waals surface area contributed by atoms with Crippen LogP contribution in [0, 0.1) is 18.6 Å². The molecule has 1 fully saturated rings. The van der Waals surface area contributed by atoms with E-state index in [0.29, 0.717) is 23.6 Å². The number of rotatable bonds is 8. The highest BCUT2D eigenvalue weighted by Crippen LogP contribution is 2.35. The minimum atomic E-state index is -0.658. The van der Waals surface area contributed by atoms with Crippen molar-refractivity contribution in [2.24, 2.45) is 0 Å². The Labute approximate surface area is 220 Å². The molecule has 1 saturated heterocycles. The first kappa shape index (κ1) is 26.0. The third kappa shape index (κ3) is 5.74. The number of piperazine rings is 1. The van der Waals surface area contributed by atoms with Crippen molar-refractivity contribution in [3.8, 4) is 11.6 Å². The zero-order valence-corrected chi connectivity index (χ0v) is 22.1. The van der Waals surface area contributed by atoms with Crippen molar-refractivity contribution >= 4 is 22.4 Å². The molecule has 0 saturated carbocycles. The molecule has 0 radical (unpaired) electrons. The molecule has 1 aliphatic heterocycles. The maximum Gasteiger partial charge on any atom is 0.229 e. The van der Waals surface area contributed by atoms with Crippen LogP contribution in [0.3, 0.4) is 0 Å². The molecule has 9 nitrogen and oxygen atoms in total. The standard InChI is InChI=1S/C27H32F2N8O/c1-17-11-20-24(29)23(12-22(28)25(20)33-17)38-27-21(15-35(2)3)26(31-16-32-27)34-18-5-6-19(30-13-18)14-37-9-7-36(4)8-10-37/h5-6,11-13,16,33H,7-10,14-15H2,1-4H3,(H,31,32,34). The molecule has 0 unspecified atom stereocenters. The van der Waals surface area contributed by atoms with E-state index >= 15 is 4.39 Å². The van der Waals surface area contributed by atoms with Crippen LogP contribution >= 0.6 is 0 Å². The maximum atomic E-state index is 15.2. The maximum absolute atomic E-state index is 15.2. The number of aromatic amines is 1. The lowest BCUT2D eigenvalue weighted by molar-refractivity contribution is 0.147. The number of aromatic nitrogens is 4. The fraction of sp³-hybridized carbons (Fsp3) is 0.370. The van der Waals surface area contributed by atoms with E-state index in [0.717, 1.165) is 50.2 Å². The Morgan fingerprint density at radius 2 is 1.87 bits per heavy atom. The van der Waals surface area contributed by atoms with E-state index in [-0.39, 0.29) is 22.5 Å². The van der Waals surface area contributed by atoms with Crippen molar-refractivity contribution in [3.05, 3.63) is 65.4 Å². The molecule has 0 bridgehead atoms. The third-order valence-electron chi connectivity index (χ3n) is 6.56. The minimum absolute atomic E-state index is 0.106. The lowest BCUT2D eigenvalue weighted by atomic mass is 10.2. The van der Waals surface area contributed by atoms with E-state index in [2.05, 4.69) is 42.1 Å². The van der Waals surface area contributed by atoms with E-state index in [9.17, 15) is 4.39 Å². The zero-order chi connectivity index (χ0) is 26.8. The van der Waals surface area contributed by atoms with Crippen LogP contribution in [0.1, 0.15) is 17.0 Å². The SMILES string of the molecule is Cc1cc2c(F)c(Oc3ncnc(Nc4ccc(CN5CCN(C)CC5)nc4)c3CN(C)C)cc(F)c2[nH]1. The summed E-state index contributed by atoms with van der Waals surface area (Å²) in [6, 6.07) is 6.54. The van der Waals surface area contributed by atoms with Gasteiger partial charge in [0.05, 0.1) is 28.7 Å². The fourth-order valence-corrected chi connectivity index (χ4v) is 4.53. The summed E-state index contributed by atoms with van der Waals surface area (Å²) in [6.07, 6.45) is 3.10. The molecule has 1 aromatic carbocycles. The molecular weight excluding hydrogens is 490 g/mol. The van der Waals surface area contributed by atoms with Crippen LogP contribution < -0.4 is 10.1 Å². The van der Waals surface area contributed by atoms with Crippen LogP contribution in [-0.2, 0) is 13.1 Å². The van der Waals surface area contributed by atoms with Crippen molar-refractivity contribution in [2.45, 2.75) is 20.0 Å². The van der Waals surface area contributed by atoms with Crippen molar-refractivity contribution in [1.82, 2.24) is 34.6 Å². The molecule has 1 aliphatic rings. The van der Waals surface area contributed by atoms with Crippen molar-refractivity contribution < 1.29 is 13.5 Å². The number of benzene rings is 1. The van der Waals surface area contributed by atoms with E-state index in [1.54, 1.807) is 19.2 Å². The van der Waals surface area contributed by atoms with Gasteiger partial charge >= 0.3 is 0 Å². The van der Waals surface area contributed by atoms with Crippen molar-refractivity contribution in [3.63, 3.8) is 0 Å². The third-order valence-corrected chi connectivity index (χ3v) is 6.56. The van der Waals surface area contributed by atoms with Gasteiger partial charge in [0.2, 0.25) is 5.88 Å². The molecule has 3 aromatic heterocycles. The summed E-state index contributed by atoms with van der Waals surface area (Å²) < 4.78 is 35.8. The molecule has 5 rings (SSSR count). The molecule has 11 heteroatoms. The van der Waals surface area contributed by atoms with Crippen molar-refractivity contribution in [1.29, 1.82) is 0 Å². The number of fused-ring (bicyclic) bond motifs is 1. The Balaban J connectivity index is 1.38. The largest absolute Gasteiger partial charge is 0.435 e. The highest BCUT2D eigenvalue weighted by molar-refractivity contribution is 5.83. The summed E-state index contributed by atoms with van der Waals surface area (Å²) in [5.41, 5.74) is 3.10. The van der Waals surface area contributed by atoms with Gasteiger partial charge in [-0.05, 0) is 46.3 Å². The van der Waals surface area contributed by atoms with Gasteiger partial charge in [-0.15, -0.1) is 0 Å². The summed E-state index contributed by atoms with van der Waals surface area (Å²) in [5.74, 6) is -0.866. The Morgan fingerprint density at radius 3 is 2.58 bits per heavy atom. The molecule has 4 aromatic rings. The number of halogens is 2. The van der Waals surface area contributed by atoms with Gasteiger partial charge < -0.3 is 24.8 Å². The van der Waals surface area contributed by atoms with E-state index in [1.807, 2.05) is 31.1 Å². The molecule has 0 spiro atoms. The predicted octanol–water partition coefficient (Wildman–Crippen LogP) is 4.28. The summed E-state index contributed by atoms with van der Waals surface area (Å²) >= 11 is 0. The highest BCUT2D eigenvalue weighted by Gasteiger charge is 2.21. The van der Waals surface area contributed by atoms with Gasteiger partial charge in [-0.1, -0.05) is 0 Å². The lowest BCUT2D eigenvalue weighted by Crippen LogP contribution is -2.43. The molecule has 0 amide bonds. The van der Waals surface area contributed by atoms with E-state index < -0.39 is 11.6 Å². The Kier molecular flexibility index (Phi) is 7.50. The molecule has 4 heterocycles. The number of pyridine rings is 1. The number of anilines is 2. The number of ether oxygens (including phenoxy) is 1. The second kappa shape index (κ2) is 11.0. The number of hydrogen-bond acceptors (Lipinski definition) is 8. The van der Waals surface area contributed by atoms with Crippen molar-refractivity contribution in [2.75, 3.05) is 52.6 Å². The molecule has 38 heavy (non-hydrogen) atoms. The van der Waals surface area contributed by atoms with Gasteiger partial charge in [0.25, 0.3) is 0 Å². The second-order valence-electron chi connectivity index (χ2n) is 10.00. The van der Waals surface area contributed by atoms with Gasteiger partial charge in [0, 0.05) is 56.4 Å². The summed E-state index contributed by atoms with van der Waals surface area (Å²) in [6.45, 7) is 7.11. The number of nitrogens with one attached hydrogen (secondary N) is 2. The predicted molar refractivity (Wildman–Crippen MR) is 143 cm³/mol. The van der Waals surface area contributed by atoms with Crippen LogP contribution in [-0.4, -0.2) is 82.0 Å². The number of aryl methyl sites for hydroxylation is 1. The first-order valence-corrected chi connectivity index (χ1v) is 12.5. The topological polar surface area (TPSA) is 85.4 Å². The quantitative estimate of drug-likeness (QED) is 0.355. The number of nitrogens with zero attached hydrogens (tertiary/aromatic N) is 6. The Bertz CT molecular complexity index is 1420. The Hall–Kier alpha value is -3.67. The molecule has 0 atom stereocenters. The number of likely N-dealkylation sites (N-methyl/N-ethyl adjacent to an activating group) is 1. The first-order valence-electron chi connectivity index (χ1n) is 12.5. The number of H-pyrrole nitrogens is 1. The van der Waals surface area contributed by atoms with Crippen LogP contribution in [0.25, 0.3) is 10.9 Å². The van der Waals surface area contributed by atoms with Gasteiger partial charge in [0.1, 0.15) is 12.1 Å². The second-order valence-corrected chi connectivity index (χ2v) is 10.00. The van der Waals surface area contributed by atoms with E-state index in [4.69, 9.17) is 4.74 Å². The smallest absolute Gasteiger partial charge is 0.229 e. The van der Waals surface area contributed by atoms with Crippen LogP contribution in [0.4, 0.5) is 20.3 Å². The zero-order valence-electron chi connectivity index (χ0n) is 22.1.